The molecule has 96 valence electrons. The SMILES string of the molecule is Cc1csc(-n2nnc(CN)c2-c2ccncc2)n1. The molecule has 0 amide bonds. The first kappa shape index (κ1) is 11.9. The van der Waals surface area contributed by atoms with Crippen LogP contribution in [0.3, 0.4) is 0 Å². The van der Waals surface area contributed by atoms with E-state index in [0.717, 1.165) is 27.8 Å². The lowest BCUT2D eigenvalue weighted by atomic mass is 10.1. The Kier molecular flexibility index (Phi) is 3.06. The molecule has 3 aromatic rings. The molecule has 0 aliphatic rings. The second-order valence-electron chi connectivity index (χ2n) is 4.01. The van der Waals surface area contributed by atoms with Crippen LogP contribution in [0.1, 0.15) is 11.4 Å². The topological polar surface area (TPSA) is 82.5 Å². The maximum Gasteiger partial charge on any atom is 0.212 e. The van der Waals surface area contributed by atoms with E-state index < -0.39 is 0 Å². The molecule has 0 spiro atoms. The molecule has 19 heavy (non-hydrogen) atoms. The van der Waals surface area contributed by atoms with Gasteiger partial charge in [-0.3, -0.25) is 4.98 Å². The van der Waals surface area contributed by atoms with Crippen LogP contribution in [-0.4, -0.2) is 25.0 Å². The number of nitrogens with zero attached hydrogens (tertiary/aromatic N) is 5. The summed E-state index contributed by atoms with van der Waals surface area (Å²) < 4.78 is 1.73. The van der Waals surface area contributed by atoms with Gasteiger partial charge in [-0.15, -0.1) is 16.4 Å². The number of thiazole rings is 1. The van der Waals surface area contributed by atoms with E-state index in [1.165, 1.54) is 11.3 Å². The van der Waals surface area contributed by atoms with E-state index in [1.54, 1.807) is 17.1 Å². The minimum Gasteiger partial charge on any atom is -0.325 e. The second-order valence-corrected chi connectivity index (χ2v) is 4.84. The number of hydrogen-bond acceptors (Lipinski definition) is 6. The summed E-state index contributed by atoms with van der Waals surface area (Å²) in [7, 11) is 0. The minimum absolute atomic E-state index is 0.335. The van der Waals surface area contributed by atoms with Crippen LogP contribution in [-0.2, 0) is 6.54 Å². The summed E-state index contributed by atoms with van der Waals surface area (Å²) in [6.07, 6.45) is 3.47. The van der Waals surface area contributed by atoms with Crippen molar-refractivity contribution in [2.24, 2.45) is 5.73 Å². The first-order chi connectivity index (χ1) is 9.29. The molecule has 6 nitrogen and oxygen atoms in total. The van der Waals surface area contributed by atoms with Gasteiger partial charge in [0.2, 0.25) is 5.13 Å². The molecule has 0 saturated carbocycles. The van der Waals surface area contributed by atoms with Gasteiger partial charge in [-0.1, -0.05) is 5.21 Å². The average molecular weight is 272 g/mol. The molecule has 3 heterocycles. The van der Waals surface area contributed by atoms with Gasteiger partial charge >= 0.3 is 0 Å². The monoisotopic (exact) mass is 272 g/mol. The predicted octanol–water partition coefficient (Wildman–Crippen LogP) is 1.55. The van der Waals surface area contributed by atoms with E-state index in [1.807, 2.05) is 24.4 Å². The maximum absolute atomic E-state index is 5.74. The zero-order chi connectivity index (χ0) is 13.2. The largest absolute Gasteiger partial charge is 0.325 e. The summed E-state index contributed by atoms with van der Waals surface area (Å²) in [6.45, 7) is 2.29. The van der Waals surface area contributed by atoms with Gasteiger partial charge in [0, 0.05) is 29.9 Å². The van der Waals surface area contributed by atoms with E-state index in [0.29, 0.717) is 6.54 Å². The lowest BCUT2D eigenvalue weighted by Gasteiger charge is -2.04. The molecule has 0 fully saturated rings. The van der Waals surface area contributed by atoms with E-state index in [9.17, 15) is 0 Å². The second kappa shape index (κ2) is 4.87. The average Bonchev–Trinajstić information content (AvgIpc) is 3.05. The highest BCUT2D eigenvalue weighted by Gasteiger charge is 2.16. The number of pyridine rings is 1. The van der Waals surface area contributed by atoms with Crippen LogP contribution in [0.5, 0.6) is 0 Å². The van der Waals surface area contributed by atoms with Gasteiger partial charge in [0.15, 0.2) is 0 Å². The fraction of sp³-hybridized carbons (Fsp3) is 0.167. The maximum atomic E-state index is 5.74. The summed E-state index contributed by atoms with van der Waals surface area (Å²) in [5, 5.41) is 11.1. The quantitative estimate of drug-likeness (QED) is 0.782. The molecule has 2 N–H and O–H groups in total. The van der Waals surface area contributed by atoms with Gasteiger partial charge in [-0.25, -0.2) is 4.98 Å². The molecule has 0 aliphatic heterocycles. The van der Waals surface area contributed by atoms with E-state index in [4.69, 9.17) is 5.73 Å². The fourth-order valence-corrected chi connectivity index (χ4v) is 2.57. The van der Waals surface area contributed by atoms with Crippen LogP contribution in [0.2, 0.25) is 0 Å². The molecule has 0 unspecified atom stereocenters. The van der Waals surface area contributed by atoms with Gasteiger partial charge in [-0.2, -0.15) is 4.68 Å². The van der Waals surface area contributed by atoms with Crippen LogP contribution in [0.4, 0.5) is 0 Å². The Morgan fingerprint density at radius 2 is 2.11 bits per heavy atom. The van der Waals surface area contributed by atoms with Crippen molar-refractivity contribution in [3.63, 3.8) is 0 Å². The third kappa shape index (κ3) is 2.13. The fourth-order valence-electron chi connectivity index (χ4n) is 1.82. The zero-order valence-electron chi connectivity index (χ0n) is 10.3. The summed E-state index contributed by atoms with van der Waals surface area (Å²) >= 11 is 1.53. The highest BCUT2D eigenvalue weighted by atomic mass is 32.1. The highest BCUT2D eigenvalue weighted by Crippen LogP contribution is 2.25. The van der Waals surface area contributed by atoms with Crippen LogP contribution in [0.15, 0.2) is 29.9 Å². The third-order valence-corrected chi connectivity index (χ3v) is 3.61. The number of nitrogens with two attached hydrogens (primary N) is 1. The first-order valence-corrected chi connectivity index (χ1v) is 6.65. The van der Waals surface area contributed by atoms with Gasteiger partial charge < -0.3 is 5.73 Å². The van der Waals surface area contributed by atoms with E-state index in [2.05, 4.69) is 20.3 Å². The van der Waals surface area contributed by atoms with E-state index >= 15 is 0 Å². The Morgan fingerprint density at radius 1 is 1.32 bits per heavy atom. The van der Waals surface area contributed by atoms with Crippen molar-refractivity contribution in [1.82, 2.24) is 25.0 Å². The molecule has 0 atom stereocenters. The van der Waals surface area contributed by atoms with Crippen molar-refractivity contribution < 1.29 is 0 Å². The minimum atomic E-state index is 0.335. The van der Waals surface area contributed by atoms with Crippen LogP contribution in [0.25, 0.3) is 16.4 Å². The Morgan fingerprint density at radius 3 is 2.74 bits per heavy atom. The van der Waals surface area contributed by atoms with Crippen LogP contribution < -0.4 is 5.73 Å². The molecule has 0 saturated heterocycles. The number of rotatable bonds is 3. The Labute approximate surface area is 113 Å². The van der Waals surface area contributed by atoms with Gasteiger partial charge in [0.05, 0.1) is 5.69 Å². The van der Waals surface area contributed by atoms with Crippen molar-refractivity contribution in [2.75, 3.05) is 0 Å². The first-order valence-electron chi connectivity index (χ1n) is 5.77. The summed E-state index contributed by atoms with van der Waals surface area (Å²) in [4.78, 5) is 8.46. The standard InChI is InChI=1S/C12H12N6S/c1-8-7-19-12(15-8)18-11(10(6-13)16-17-18)9-2-4-14-5-3-9/h2-5,7H,6,13H2,1H3. The summed E-state index contributed by atoms with van der Waals surface area (Å²) in [5.41, 5.74) is 9.30. The van der Waals surface area contributed by atoms with Gasteiger partial charge in [-0.05, 0) is 19.1 Å². The third-order valence-electron chi connectivity index (χ3n) is 2.68. The number of aryl methyl sites for hydroxylation is 1. The van der Waals surface area contributed by atoms with Crippen LogP contribution >= 0.6 is 11.3 Å². The smallest absolute Gasteiger partial charge is 0.212 e. The number of aromatic nitrogens is 5. The summed E-state index contributed by atoms with van der Waals surface area (Å²) in [6, 6.07) is 3.82. The number of hydrogen-bond donors (Lipinski definition) is 1. The van der Waals surface area contributed by atoms with Crippen molar-refractivity contribution in [3.05, 3.63) is 41.3 Å². The Hall–Kier alpha value is -2.12. The molecule has 3 rings (SSSR count). The normalized spacial score (nSPS) is 10.8. The molecule has 0 bridgehead atoms. The molecule has 3 aromatic heterocycles. The lowest BCUT2D eigenvalue weighted by Crippen LogP contribution is -2.02. The molecular weight excluding hydrogens is 260 g/mol. The molecule has 7 heteroatoms. The van der Waals surface area contributed by atoms with Crippen molar-refractivity contribution in [3.8, 4) is 16.4 Å². The van der Waals surface area contributed by atoms with Crippen molar-refractivity contribution in [1.29, 1.82) is 0 Å². The van der Waals surface area contributed by atoms with Gasteiger partial charge in [0.25, 0.3) is 0 Å². The predicted molar refractivity (Wildman–Crippen MR) is 72.9 cm³/mol. The van der Waals surface area contributed by atoms with E-state index in [-0.39, 0.29) is 0 Å². The highest BCUT2D eigenvalue weighted by molar-refractivity contribution is 7.12. The summed E-state index contributed by atoms with van der Waals surface area (Å²) in [5.74, 6) is 0. The Balaban J connectivity index is 2.19. The molecule has 0 aliphatic carbocycles. The molecular formula is C12H12N6S. The molecule has 0 aromatic carbocycles. The van der Waals surface area contributed by atoms with Crippen molar-refractivity contribution in [2.45, 2.75) is 13.5 Å². The van der Waals surface area contributed by atoms with Crippen molar-refractivity contribution >= 4 is 11.3 Å². The van der Waals surface area contributed by atoms with Gasteiger partial charge in [0.1, 0.15) is 11.4 Å². The zero-order valence-corrected chi connectivity index (χ0v) is 11.1. The Bertz CT molecular complexity index is 687. The lowest BCUT2D eigenvalue weighted by molar-refractivity contribution is 0.792. The van der Waals surface area contributed by atoms with Crippen LogP contribution in [0, 0.1) is 6.92 Å². The molecule has 0 radical (unpaired) electrons.